The van der Waals surface area contributed by atoms with Crippen LogP contribution in [-0.4, -0.2) is 25.2 Å². The average molecular weight is 527 g/mol. The zero-order valence-electron chi connectivity index (χ0n) is 19.0. The first kappa shape index (κ1) is 25.2. The number of rotatable bonds is 8. The van der Waals surface area contributed by atoms with Crippen molar-refractivity contribution in [3.05, 3.63) is 112 Å². The summed E-state index contributed by atoms with van der Waals surface area (Å²) >= 11 is 12.2. The topological polar surface area (TPSA) is 66.5 Å². The van der Waals surface area contributed by atoms with Gasteiger partial charge in [-0.05, 0) is 53.1 Å². The van der Waals surface area contributed by atoms with E-state index in [-0.39, 0.29) is 24.5 Å². The van der Waals surface area contributed by atoms with Crippen LogP contribution in [0.1, 0.15) is 16.7 Å². The molecule has 180 valence electrons. The lowest BCUT2D eigenvalue weighted by molar-refractivity contribution is -0.121. The highest BCUT2D eigenvalue weighted by atomic mass is 35.5. The summed E-state index contributed by atoms with van der Waals surface area (Å²) in [6.07, 6.45) is 0. The van der Waals surface area contributed by atoms with Gasteiger partial charge < -0.3 is 5.32 Å². The molecule has 1 N–H and O–H groups in total. The Morgan fingerprint density at radius 1 is 0.886 bits per heavy atom. The van der Waals surface area contributed by atoms with Gasteiger partial charge in [0.15, 0.2) is 0 Å². The van der Waals surface area contributed by atoms with Gasteiger partial charge in [-0.25, -0.2) is 8.42 Å². The van der Waals surface area contributed by atoms with Crippen LogP contribution in [0.15, 0.2) is 89.8 Å². The highest BCUT2D eigenvalue weighted by molar-refractivity contribution is 7.89. The van der Waals surface area contributed by atoms with Crippen molar-refractivity contribution >= 4 is 49.9 Å². The summed E-state index contributed by atoms with van der Waals surface area (Å²) < 4.78 is 28.1. The van der Waals surface area contributed by atoms with Gasteiger partial charge in [0.2, 0.25) is 15.9 Å². The Hall–Kier alpha value is -2.90. The molecule has 0 radical (unpaired) electrons. The molecular weight excluding hydrogens is 503 g/mol. The van der Waals surface area contributed by atoms with Gasteiger partial charge in [-0.1, -0.05) is 89.4 Å². The average Bonchev–Trinajstić information content (AvgIpc) is 2.85. The van der Waals surface area contributed by atoms with E-state index >= 15 is 0 Å². The van der Waals surface area contributed by atoms with Gasteiger partial charge in [-0.2, -0.15) is 4.31 Å². The molecular formula is C27H24Cl2N2O3S. The molecule has 0 aromatic heterocycles. The number of hydrogen-bond donors (Lipinski definition) is 1. The molecule has 0 atom stereocenters. The van der Waals surface area contributed by atoms with Crippen LogP contribution >= 0.6 is 23.2 Å². The molecule has 35 heavy (non-hydrogen) atoms. The largest absolute Gasteiger partial charge is 0.351 e. The molecule has 5 nitrogen and oxygen atoms in total. The molecule has 4 rings (SSSR count). The summed E-state index contributed by atoms with van der Waals surface area (Å²) in [6, 6.07) is 25.2. The molecule has 0 saturated heterocycles. The number of sulfonamides is 1. The first-order valence-electron chi connectivity index (χ1n) is 11.0. The summed E-state index contributed by atoms with van der Waals surface area (Å²) in [7, 11) is -3.96. The molecule has 0 heterocycles. The molecule has 0 spiro atoms. The summed E-state index contributed by atoms with van der Waals surface area (Å²) in [5.74, 6) is -0.409. The number of fused-ring (bicyclic) bond motifs is 1. The first-order chi connectivity index (χ1) is 16.7. The molecule has 1 amide bonds. The Kier molecular flexibility index (Phi) is 7.77. The Bertz CT molecular complexity index is 1470. The maximum atomic E-state index is 13.5. The third-order valence-electron chi connectivity index (χ3n) is 5.68. The Balaban J connectivity index is 1.57. The number of halogens is 2. The van der Waals surface area contributed by atoms with E-state index in [9.17, 15) is 13.2 Å². The molecule has 0 unspecified atom stereocenters. The lowest BCUT2D eigenvalue weighted by atomic mass is 10.0. The summed E-state index contributed by atoms with van der Waals surface area (Å²) in [6.45, 7) is 1.78. The van der Waals surface area contributed by atoms with Gasteiger partial charge in [-0.15, -0.1) is 0 Å². The van der Waals surface area contributed by atoms with Gasteiger partial charge in [0, 0.05) is 13.1 Å². The number of carbonyl (C=O) groups is 1. The lowest BCUT2D eigenvalue weighted by Crippen LogP contribution is -2.40. The Labute approximate surface area is 215 Å². The smallest absolute Gasteiger partial charge is 0.243 e. The molecule has 4 aromatic rings. The van der Waals surface area contributed by atoms with E-state index in [1.54, 1.807) is 42.5 Å². The second-order valence-corrected chi connectivity index (χ2v) is 11.0. The number of hydrogen-bond acceptors (Lipinski definition) is 3. The van der Waals surface area contributed by atoms with Crippen molar-refractivity contribution < 1.29 is 13.2 Å². The van der Waals surface area contributed by atoms with Crippen LogP contribution in [0.5, 0.6) is 0 Å². The fourth-order valence-corrected chi connectivity index (χ4v) is 5.49. The van der Waals surface area contributed by atoms with E-state index in [1.165, 1.54) is 0 Å². The highest BCUT2D eigenvalue weighted by Gasteiger charge is 2.27. The Morgan fingerprint density at radius 3 is 2.34 bits per heavy atom. The van der Waals surface area contributed by atoms with Gasteiger partial charge in [-0.3, -0.25) is 4.79 Å². The van der Waals surface area contributed by atoms with E-state index in [2.05, 4.69) is 5.32 Å². The van der Waals surface area contributed by atoms with E-state index < -0.39 is 15.9 Å². The van der Waals surface area contributed by atoms with Crippen molar-refractivity contribution in [1.29, 1.82) is 0 Å². The van der Waals surface area contributed by atoms with Crippen LogP contribution in [0.25, 0.3) is 10.8 Å². The standard InChI is InChI=1S/C27H24Cl2N2O3S/c1-19-9-12-23(13-10-19)35(33,34)31(17-20-11-14-25(28)26(29)15-20)18-27(32)30-16-22-7-4-6-21-5-2-3-8-24(21)22/h2-15H,16-18H2,1H3,(H,30,32). The fraction of sp³-hybridized carbons (Fsp3) is 0.148. The molecule has 4 aromatic carbocycles. The summed E-state index contributed by atoms with van der Waals surface area (Å²) in [5.41, 5.74) is 2.51. The molecule has 0 aliphatic carbocycles. The summed E-state index contributed by atoms with van der Waals surface area (Å²) in [5, 5.41) is 5.67. The van der Waals surface area contributed by atoms with Crippen LogP contribution in [0.4, 0.5) is 0 Å². The lowest BCUT2D eigenvalue weighted by Gasteiger charge is -2.22. The predicted molar refractivity (Wildman–Crippen MR) is 141 cm³/mol. The van der Waals surface area contributed by atoms with Crippen molar-refractivity contribution in [2.75, 3.05) is 6.54 Å². The predicted octanol–water partition coefficient (Wildman–Crippen LogP) is 5.96. The molecule has 0 fully saturated rings. The maximum absolute atomic E-state index is 13.5. The highest BCUT2D eigenvalue weighted by Crippen LogP contribution is 2.25. The second-order valence-electron chi connectivity index (χ2n) is 8.25. The maximum Gasteiger partial charge on any atom is 0.243 e. The number of nitrogens with zero attached hydrogens (tertiary/aromatic N) is 1. The zero-order chi connectivity index (χ0) is 25.0. The first-order valence-corrected chi connectivity index (χ1v) is 13.2. The summed E-state index contributed by atoms with van der Waals surface area (Å²) in [4.78, 5) is 13.1. The van der Waals surface area contributed by atoms with E-state index in [4.69, 9.17) is 23.2 Å². The monoisotopic (exact) mass is 526 g/mol. The number of nitrogens with one attached hydrogen (secondary N) is 1. The molecule has 0 aliphatic rings. The van der Waals surface area contributed by atoms with Crippen molar-refractivity contribution in [1.82, 2.24) is 9.62 Å². The normalized spacial score (nSPS) is 11.7. The van der Waals surface area contributed by atoms with Crippen LogP contribution in [0.3, 0.4) is 0 Å². The zero-order valence-corrected chi connectivity index (χ0v) is 21.4. The van der Waals surface area contributed by atoms with Crippen LogP contribution in [-0.2, 0) is 27.9 Å². The van der Waals surface area contributed by atoms with Crippen molar-refractivity contribution in [2.45, 2.75) is 24.9 Å². The minimum absolute atomic E-state index is 0.0330. The van der Waals surface area contributed by atoms with Crippen LogP contribution in [0.2, 0.25) is 10.0 Å². The third-order valence-corrected chi connectivity index (χ3v) is 8.22. The van der Waals surface area contributed by atoms with Crippen molar-refractivity contribution in [2.24, 2.45) is 0 Å². The fourth-order valence-electron chi connectivity index (χ4n) is 3.78. The third kappa shape index (κ3) is 6.03. The minimum Gasteiger partial charge on any atom is -0.351 e. The molecule has 0 bridgehead atoms. The van der Waals surface area contributed by atoms with Gasteiger partial charge in [0.05, 0.1) is 21.5 Å². The van der Waals surface area contributed by atoms with E-state index in [0.29, 0.717) is 15.6 Å². The van der Waals surface area contributed by atoms with Gasteiger partial charge >= 0.3 is 0 Å². The quantitative estimate of drug-likeness (QED) is 0.308. The number of benzene rings is 4. The second kappa shape index (κ2) is 10.8. The van der Waals surface area contributed by atoms with E-state index in [1.807, 2.05) is 49.4 Å². The number of aryl methyl sites for hydroxylation is 1. The van der Waals surface area contributed by atoms with Crippen molar-refractivity contribution in [3.8, 4) is 0 Å². The number of amides is 1. The Morgan fingerprint density at radius 2 is 1.60 bits per heavy atom. The van der Waals surface area contributed by atoms with Crippen LogP contribution in [0, 0.1) is 6.92 Å². The molecule has 8 heteroatoms. The SMILES string of the molecule is Cc1ccc(S(=O)(=O)N(CC(=O)NCc2cccc3ccccc23)Cc2ccc(Cl)c(Cl)c2)cc1. The molecule has 0 aliphatic heterocycles. The molecule has 0 saturated carbocycles. The van der Waals surface area contributed by atoms with Crippen molar-refractivity contribution in [3.63, 3.8) is 0 Å². The van der Waals surface area contributed by atoms with E-state index in [0.717, 1.165) is 26.2 Å². The minimum atomic E-state index is -3.96. The van der Waals surface area contributed by atoms with Gasteiger partial charge in [0.25, 0.3) is 0 Å². The number of carbonyl (C=O) groups excluding carboxylic acids is 1. The van der Waals surface area contributed by atoms with Crippen LogP contribution < -0.4 is 5.32 Å². The van der Waals surface area contributed by atoms with Gasteiger partial charge in [0.1, 0.15) is 0 Å².